The van der Waals surface area contributed by atoms with Crippen molar-refractivity contribution in [2.75, 3.05) is 12.8 Å². The predicted molar refractivity (Wildman–Crippen MR) is 110 cm³/mol. The van der Waals surface area contributed by atoms with Gasteiger partial charge in [0.1, 0.15) is 5.75 Å². The lowest BCUT2D eigenvalue weighted by atomic mass is 9.98. The lowest BCUT2D eigenvalue weighted by Crippen LogP contribution is -2.23. The molecule has 1 aromatic heterocycles. The number of rotatable bonds is 6. The van der Waals surface area contributed by atoms with E-state index in [2.05, 4.69) is 4.98 Å². The van der Waals surface area contributed by atoms with E-state index in [1.807, 2.05) is 6.07 Å². The Morgan fingerprint density at radius 1 is 1.23 bits per heavy atom. The molecule has 30 heavy (non-hydrogen) atoms. The average molecular weight is 427 g/mol. The highest BCUT2D eigenvalue weighted by Gasteiger charge is 2.29. The van der Waals surface area contributed by atoms with Crippen LogP contribution in [-0.4, -0.2) is 31.6 Å². The maximum Gasteiger partial charge on any atom is 0.275 e. The Morgan fingerprint density at radius 2 is 1.93 bits per heavy atom. The molecule has 1 amide bonds. The molecule has 0 unspecified atom stereocenters. The van der Waals surface area contributed by atoms with E-state index in [0.29, 0.717) is 17.7 Å². The molecule has 1 heterocycles. The first kappa shape index (κ1) is 21.3. The summed E-state index contributed by atoms with van der Waals surface area (Å²) >= 11 is 0. The van der Waals surface area contributed by atoms with E-state index < -0.39 is 15.7 Å². The first-order valence-corrected chi connectivity index (χ1v) is 10.4. The predicted octanol–water partition coefficient (Wildman–Crippen LogP) is 2.52. The number of ether oxygens (including phenoxy) is 1. The smallest absolute Gasteiger partial charge is 0.275 e. The normalized spacial score (nSPS) is 11.2. The third kappa shape index (κ3) is 3.98. The monoisotopic (exact) mass is 427 g/mol. The standard InChI is InChI=1S/C21H21N3O5S/c1-13-19(22)15(10-14-4-3-9-23-12-14)11-18(21(25)24-26)20(13)30(27,28)17-7-5-16(29-2)6-8-17/h3-9,11-12,26H,10,22H2,1-2H3,(H,24,25). The molecule has 156 valence electrons. The van der Waals surface area contributed by atoms with E-state index in [-0.39, 0.29) is 26.6 Å². The Hall–Kier alpha value is -3.43. The van der Waals surface area contributed by atoms with Crippen LogP contribution in [0.5, 0.6) is 5.75 Å². The first-order valence-electron chi connectivity index (χ1n) is 8.94. The summed E-state index contributed by atoms with van der Waals surface area (Å²) in [5.74, 6) is -0.456. The number of hydrogen-bond donors (Lipinski definition) is 3. The van der Waals surface area contributed by atoms with Gasteiger partial charge in [0, 0.05) is 24.5 Å². The largest absolute Gasteiger partial charge is 0.497 e. The van der Waals surface area contributed by atoms with Gasteiger partial charge in [0.05, 0.1) is 22.5 Å². The molecule has 0 spiro atoms. The third-order valence-electron chi connectivity index (χ3n) is 4.76. The molecule has 0 bridgehead atoms. The molecule has 0 fully saturated rings. The zero-order chi connectivity index (χ0) is 21.9. The topological polar surface area (TPSA) is 132 Å². The van der Waals surface area contributed by atoms with E-state index in [1.54, 1.807) is 18.5 Å². The lowest BCUT2D eigenvalue weighted by Gasteiger charge is -2.18. The van der Waals surface area contributed by atoms with Crippen LogP contribution in [0.25, 0.3) is 0 Å². The Labute approximate surface area is 174 Å². The van der Waals surface area contributed by atoms with Crippen LogP contribution >= 0.6 is 0 Å². The van der Waals surface area contributed by atoms with Crippen molar-refractivity contribution in [2.24, 2.45) is 0 Å². The van der Waals surface area contributed by atoms with Crippen LogP contribution in [0.4, 0.5) is 5.69 Å². The average Bonchev–Trinajstić information content (AvgIpc) is 2.76. The minimum absolute atomic E-state index is 0.0298. The summed E-state index contributed by atoms with van der Waals surface area (Å²) in [4.78, 5) is 16.1. The summed E-state index contributed by atoms with van der Waals surface area (Å²) in [7, 11) is -2.64. The van der Waals surface area contributed by atoms with Gasteiger partial charge in [-0.25, -0.2) is 13.9 Å². The Balaban J connectivity index is 2.20. The van der Waals surface area contributed by atoms with Crippen molar-refractivity contribution < 1.29 is 23.2 Å². The lowest BCUT2D eigenvalue weighted by molar-refractivity contribution is 0.0702. The Bertz CT molecular complexity index is 1180. The van der Waals surface area contributed by atoms with Crippen molar-refractivity contribution in [2.45, 2.75) is 23.1 Å². The van der Waals surface area contributed by atoms with Gasteiger partial charge in [-0.05, 0) is 60.0 Å². The number of nitrogen functional groups attached to an aromatic ring is 1. The maximum absolute atomic E-state index is 13.3. The zero-order valence-electron chi connectivity index (χ0n) is 16.4. The Morgan fingerprint density at radius 3 is 2.50 bits per heavy atom. The van der Waals surface area contributed by atoms with E-state index >= 15 is 0 Å². The van der Waals surface area contributed by atoms with Gasteiger partial charge in [-0.1, -0.05) is 6.07 Å². The molecular formula is C21H21N3O5S. The number of carbonyl (C=O) groups excluding carboxylic acids is 1. The molecule has 3 rings (SSSR count). The van der Waals surface area contributed by atoms with E-state index in [0.717, 1.165) is 5.56 Å². The van der Waals surface area contributed by atoms with Gasteiger partial charge in [0.2, 0.25) is 9.84 Å². The van der Waals surface area contributed by atoms with Crippen molar-refractivity contribution in [3.8, 4) is 5.75 Å². The second kappa shape index (κ2) is 8.52. The van der Waals surface area contributed by atoms with Gasteiger partial charge < -0.3 is 10.5 Å². The molecular weight excluding hydrogens is 406 g/mol. The van der Waals surface area contributed by atoms with Gasteiger partial charge in [-0.15, -0.1) is 0 Å². The number of benzene rings is 2. The second-order valence-corrected chi connectivity index (χ2v) is 8.50. The molecule has 0 radical (unpaired) electrons. The van der Waals surface area contributed by atoms with Crippen molar-refractivity contribution in [3.05, 3.63) is 77.1 Å². The van der Waals surface area contributed by atoms with Crippen molar-refractivity contribution in [3.63, 3.8) is 0 Å². The van der Waals surface area contributed by atoms with Gasteiger partial charge in [0.25, 0.3) is 5.91 Å². The second-order valence-electron chi connectivity index (χ2n) is 6.61. The number of hydroxylamine groups is 1. The van der Waals surface area contributed by atoms with Crippen LogP contribution in [-0.2, 0) is 16.3 Å². The number of anilines is 1. The summed E-state index contributed by atoms with van der Waals surface area (Å²) in [6, 6.07) is 10.8. The number of pyridine rings is 1. The summed E-state index contributed by atoms with van der Waals surface area (Å²) < 4.78 is 31.8. The highest BCUT2D eigenvalue weighted by molar-refractivity contribution is 7.91. The van der Waals surface area contributed by atoms with Crippen molar-refractivity contribution in [1.82, 2.24) is 10.5 Å². The number of nitrogens with two attached hydrogens (primary N) is 1. The summed E-state index contributed by atoms with van der Waals surface area (Å²) in [6.07, 6.45) is 3.63. The molecule has 3 aromatic rings. The molecule has 0 saturated heterocycles. The SMILES string of the molecule is COc1ccc(S(=O)(=O)c2c(C(=O)NO)cc(Cc3cccnc3)c(N)c2C)cc1. The van der Waals surface area contributed by atoms with Crippen LogP contribution in [0.2, 0.25) is 0 Å². The molecule has 9 heteroatoms. The summed E-state index contributed by atoms with van der Waals surface area (Å²) in [5, 5.41) is 9.21. The van der Waals surface area contributed by atoms with Crippen LogP contribution in [0.1, 0.15) is 27.0 Å². The van der Waals surface area contributed by atoms with Crippen LogP contribution in [0.3, 0.4) is 0 Å². The van der Waals surface area contributed by atoms with Gasteiger partial charge in [0.15, 0.2) is 0 Å². The molecule has 0 saturated carbocycles. The highest BCUT2D eigenvalue weighted by Crippen LogP contribution is 2.34. The summed E-state index contributed by atoms with van der Waals surface area (Å²) in [6.45, 7) is 1.53. The van der Waals surface area contributed by atoms with Crippen LogP contribution in [0.15, 0.2) is 64.6 Å². The van der Waals surface area contributed by atoms with E-state index in [4.69, 9.17) is 10.5 Å². The molecule has 0 aliphatic heterocycles. The number of sulfone groups is 1. The third-order valence-corrected chi connectivity index (χ3v) is 6.71. The number of aromatic nitrogens is 1. The molecule has 0 aliphatic carbocycles. The highest BCUT2D eigenvalue weighted by atomic mass is 32.2. The number of nitrogens with one attached hydrogen (secondary N) is 1. The fraction of sp³-hybridized carbons (Fsp3) is 0.143. The zero-order valence-corrected chi connectivity index (χ0v) is 17.2. The summed E-state index contributed by atoms with van der Waals surface area (Å²) in [5.41, 5.74) is 9.46. The van der Waals surface area contributed by atoms with Crippen LogP contribution < -0.4 is 16.0 Å². The minimum Gasteiger partial charge on any atom is -0.497 e. The number of carbonyl (C=O) groups is 1. The number of amides is 1. The van der Waals surface area contributed by atoms with E-state index in [1.165, 1.54) is 49.8 Å². The molecule has 2 aromatic carbocycles. The van der Waals surface area contributed by atoms with E-state index in [9.17, 15) is 18.4 Å². The fourth-order valence-electron chi connectivity index (χ4n) is 3.20. The van der Waals surface area contributed by atoms with Gasteiger partial charge in [-0.3, -0.25) is 15.0 Å². The molecule has 0 atom stereocenters. The number of nitrogens with zero attached hydrogens (tertiary/aromatic N) is 1. The molecule has 4 N–H and O–H groups in total. The van der Waals surface area contributed by atoms with Gasteiger partial charge in [-0.2, -0.15) is 0 Å². The minimum atomic E-state index is -4.11. The fourth-order valence-corrected chi connectivity index (χ4v) is 4.88. The number of methoxy groups -OCH3 is 1. The maximum atomic E-state index is 13.3. The first-order chi connectivity index (χ1) is 14.3. The van der Waals surface area contributed by atoms with Crippen molar-refractivity contribution in [1.29, 1.82) is 0 Å². The number of hydrogen-bond acceptors (Lipinski definition) is 7. The Kier molecular flexibility index (Phi) is 6.04. The molecule has 0 aliphatic rings. The van der Waals surface area contributed by atoms with Crippen molar-refractivity contribution >= 4 is 21.4 Å². The van der Waals surface area contributed by atoms with Gasteiger partial charge >= 0.3 is 0 Å². The van der Waals surface area contributed by atoms with Crippen LogP contribution in [0, 0.1) is 6.92 Å². The molecule has 8 nitrogen and oxygen atoms in total. The quantitative estimate of drug-likeness (QED) is 0.313.